The SMILES string of the molecule is c1ccc(-c2ccc3c(c2)c2ccccc2c2cc(-c4ccc5ccccc5c4)c4ccccc4c32)cc1. The molecule has 0 heterocycles. The largest absolute Gasteiger partial charge is 0.0622 e. The third kappa shape index (κ3) is 3.17. The second-order valence-electron chi connectivity index (χ2n) is 10.1. The van der Waals surface area contributed by atoms with Gasteiger partial charge >= 0.3 is 0 Å². The quantitative estimate of drug-likeness (QED) is 0.216. The van der Waals surface area contributed by atoms with Crippen LogP contribution in [0.25, 0.3) is 76.1 Å². The van der Waals surface area contributed by atoms with Crippen molar-refractivity contribution in [1.82, 2.24) is 0 Å². The Morgan fingerprint density at radius 2 is 0.868 bits per heavy atom. The fourth-order valence-electron chi connectivity index (χ4n) is 6.22. The van der Waals surface area contributed by atoms with Gasteiger partial charge in [-0.3, -0.25) is 0 Å². The molecule has 0 amide bonds. The van der Waals surface area contributed by atoms with Crippen molar-refractivity contribution in [3.63, 3.8) is 0 Å². The van der Waals surface area contributed by atoms with Gasteiger partial charge in [0, 0.05) is 0 Å². The van der Waals surface area contributed by atoms with Crippen molar-refractivity contribution >= 4 is 53.9 Å². The van der Waals surface area contributed by atoms with Crippen LogP contribution in [0.2, 0.25) is 0 Å². The summed E-state index contributed by atoms with van der Waals surface area (Å²) in [5.41, 5.74) is 5.03. The van der Waals surface area contributed by atoms with E-state index in [1.807, 2.05) is 0 Å². The zero-order valence-corrected chi connectivity index (χ0v) is 20.9. The predicted octanol–water partition coefficient (Wildman–Crippen LogP) is 10.8. The Morgan fingerprint density at radius 3 is 1.68 bits per heavy atom. The van der Waals surface area contributed by atoms with Crippen LogP contribution in [0.4, 0.5) is 0 Å². The number of benzene rings is 8. The lowest BCUT2D eigenvalue weighted by molar-refractivity contribution is 1.65. The third-order valence-corrected chi connectivity index (χ3v) is 8.01. The van der Waals surface area contributed by atoms with E-state index < -0.39 is 0 Å². The fraction of sp³-hybridized carbons (Fsp3) is 0. The number of hydrogen-bond acceptors (Lipinski definition) is 0. The molecule has 8 aromatic carbocycles. The molecule has 0 nitrogen and oxygen atoms in total. The van der Waals surface area contributed by atoms with E-state index >= 15 is 0 Å². The summed E-state index contributed by atoms with van der Waals surface area (Å²) in [7, 11) is 0. The maximum absolute atomic E-state index is 2.43. The smallest absolute Gasteiger partial charge is 0.00199 e. The molecule has 0 saturated heterocycles. The molecule has 176 valence electrons. The van der Waals surface area contributed by atoms with Gasteiger partial charge < -0.3 is 0 Å². The minimum atomic E-state index is 1.25. The molecule has 0 aliphatic heterocycles. The van der Waals surface area contributed by atoms with Gasteiger partial charge in [0.05, 0.1) is 0 Å². The molecule has 0 unspecified atom stereocenters. The summed E-state index contributed by atoms with van der Waals surface area (Å²) in [6.07, 6.45) is 0. The second kappa shape index (κ2) is 8.30. The van der Waals surface area contributed by atoms with Crippen LogP contribution in [0.5, 0.6) is 0 Å². The first-order chi connectivity index (χ1) is 18.8. The van der Waals surface area contributed by atoms with Crippen LogP contribution < -0.4 is 0 Å². The highest BCUT2D eigenvalue weighted by Gasteiger charge is 2.15. The zero-order valence-electron chi connectivity index (χ0n) is 20.9. The first kappa shape index (κ1) is 21.2. The van der Waals surface area contributed by atoms with Gasteiger partial charge in [-0.25, -0.2) is 0 Å². The number of rotatable bonds is 2. The standard InChI is InChI=1S/C38H24/c1-2-10-25(11-3-1)28-20-21-34-36(23-28)30-14-6-7-15-31(30)37-24-35(32-16-8-9-17-33(32)38(34)37)29-19-18-26-12-4-5-13-27(26)22-29/h1-24H. The summed E-state index contributed by atoms with van der Waals surface area (Å²) < 4.78 is 0. The minimum Gasteiger partial charge on any atom is -0.0622 e. The zero-order chi connectivity index (χ0) is 25.1. The van der Waals surface area contributed by atoms with Crippen molar-refractivity contribution in [3.8, 4) is 22.3 Å². The summed E-state index contributed by atoms with van der Waals surface area (Å²) in [5, 5.41) is 13.0. The highest BCUT2D eigenvalue weighted by Crippen LogP contribution is 2.43. The Balaban J connectivity index is 1.52. The van der Waals surface area contributed by atoms with E-state index in [1.165, 1.54) is 76.1 Å². The van der Waals surface area contributed by atoms with Gasteiger partial charge in [0.25, 0.3) is 0 Å². The molecule has 0 aromatic heterocycles. The monoisotopic (exact) mass is 480 g/mol. The lowest BCUT2D eigenvalue weighted by atomic mass is 9.86. The van der Waals surface area contributed by atoms with Crippen LogP contribution in [0.3, 0.4) is 0 Å². The minimum absolute atomic E-state index is 1.25. The molecule has 38 heavy (non-hydrogen) atoms. The highest BCUT2D eigenvalue weighted by molar-refractivity contribution is 6.33. The molecular weight excluding hydrogens is 456 g/mol. The van der Waals surface area contributed by atoms with Gasteiger partial charge in [0.15, 0.2) is 0 Å². The average Bonchev–Trinajstić information content (AvgIpc) is 3.00. The molecule has 0 saturated carbocycles. The van der Waals surface area contributed by atoms with Crippen molar-refractivity contribution in [2.45, 2.75) is 0 Å². The first-order valence-electron chi connectivity index (χ1n) is 13.2. The highest BCUT2D eigenvalue weighted by atomic mass is 14.2. The van der Waals surface area contributed by atoms with Crippen LogP contribution in [-0.2, 0) is 0 Å². The molecule has 0 N–H and O–H groups in total. The summed E-state index contributed by atoms with van der Waals surface area (Å²) >= 11 is 0. The average molecular weight is 481 g/mol. The Morgan fingerprint density at radius 1 is 0.263 bits per heavy atom. The lowest BCUT2D eigenvalue weighted by Crippen LogP contribution is -1.89. The van der Waals surface area contributed by atoms with Gasteiger partial charge in [-0.2, -0.15) is 0 Å². The van der Waals surface area contributed by atoms with E-state index in [1.54, 1.807) is 0 Å². The van der Waals surface area contributed by atoms with E-state index in [-0.39, 0.29) is 0 Å². The summed E-state index contributed by atoms with van der Waals surface area (Å²) in [5.74, 6) is 0. The first-order valence-corrected chi connectivity index (χ1v) is 13.2. The fourth-order valence-corrected chi connectivity index (χ4v) is 6.22. The molecule has 0 aliphatic rings. The van der Waals surface area contributed by atoms with Crippen LogP contribution in [0, 0.1) is 0 Å². The Kier molecular flexibility index (Phi) is 4.62. The number of hydrogen-bond donors (Lipinski definition) is 0. The summed E-state index contributed by atoms with van der Waals surface area (Å²) in [6.45, 7) is 0. The van der Waals surface area contributed by atoms with Gasteiger partial charge in [0.2, 0.25) is 0 Å². The Hall–Kier alpha value is -4.94. The van der Waals surface area contributed by atoms with Gasteiger partial charge in [-0.15, -0.1) is 0 Å². The summed E-state index contributed by atoms with van der Waals surface area (Å²) in [4.78, 5) is 0. The molecule has 0 spiro atoms. The van der Waals surface area contributed by atoms with E-state index in [4.69, 9.17) is 0 Å². The third-order valence-electron chi connectivity index (χ3n) is 8.01. The van der Waals surface area contributed by atoms with Crippen molar-refractivity contribution in [2.75, 3.05) is 0 Å². The van der Waals surface area contributed by atoms with E-state index in [9.17, 15) is 0 Å². The second-order valence-corrected chi connectivity index (χ2v) is 10.1. The molecule has 0 bridgehead atoms. The normalized spacial score (nSPS) is 11.7. The Labute approximate surface area is 221 Å². The molecule has 0 fully saturated rings. The predicted molar refractivity (Wildman–Crippen MR) is 165 cm³/mol. The van der Waals surface area contributed by atoms with Crippen molar-refractivity contribution in [2.24, 2.45) is 0 Å². The lowest BCUT2D eigenvalue weighted by Gasteiger charge is -2.17. The van der Waals surface area contributed by atoms with Crippen LogP contribution in [-0.4, -0.2) is 0 Å². The van der Waals surface area contributed by atoms with Gasteiger partial charge in [-0.05, 0) is 94.3 Å². The van der Waals surface area contributed by atoms with Gasteiger partial charge in [0.1, 0.15) is 0 Å². The van der Waals surface area contributed by atoms with Crippen molar-refractivity contribution in [3.05, 3.63) is 146 Å². The molecule has 8 aromatic rings. The number of fused-ring (bicyclic) bond motifs is 9. The van der Waals surface area contributed by atoms with Crippen molar-refractivity contribution < 1.29 is 0 Å². The molecule has 8 rings (SSSR count). The van der Waals surface area contributed by atoms with Crippen LogP contribution in [0.15, 0.2) is 146 Å². The maximum atomic E-state index is 2.43. The summed E-state index contributed by atoms with van der Waals surface area (Å²) in [6, 6.07) is 53.3. The molecule has 0 atom stereocenters. The van der Waals surface area contributed by atoms with E-state index in [2.05, 4.69) is 146 Å². The van der Waals surface area contributed by atoms with Crippen molar-refractivity contribution in [1.29, 1.82) is 0 Å². The van der Waals surface area contributed by atoms with Crippen LogP contribution >= 0.6 is 0 Å². The van der Waals surface area contributed by atoms with E-state index in [0.717, 1.165) is 0 Å². The van der Waals surface area contributed by atoms with Crippen LogP contribution in [0.1, 0.15) is 0 Å². The topological polar surface area (TPSA) is 0 Å². The molecule has 0 heteroatoms. The van der Waals surface area contributed by atoms with E-state index in [0.29, 0.717) is 0 Å². The van der Waals surface area contributed by atoms with Gasteiger partial charge in [-0.1, -0.05) is 127 Å². The molecular formula is C38H24. The molecule has 0 aliphatic carbocycles. The molecule has 0 radical (unpaired) electrons. The maximum Gasteiger partial charge on any atom is -0.00199 e. The Bertz CT molecular complexity index is 2170.